The molecular formula is C13H17N2S4. The molecule has 6 heteroatoms. The summed E-state index contributed by atoms with van der Waals surface area (Å²) in [5.74, 6) is 2.36. The number of thioether (sulfide) groups is 2. The molecule has 0 saturated heterocycles. The molecule has 0 aliphatic carbocycles. The van der Waals surface area contributed by atoms with Crippen molar-refractivity contribution in [2.45, 2.75) is 34.4 Å². The van der Waals surface area contributed by atoms with Crippen molar-refractivity contribution in [2.24, 2.45) is 0 Å². The van der Waals surface area contributed by atoms with Gasteiger partial charge < -0.3 is 0 Å². The lowest BCUT2D eigenvalue weighted by Gasteiger charge is -2.00. The van der Waals surface area contributed by atoms with E-state index in [1.54, 1.807) is 22.7 Å². The minimum absolute atomic E-state index is 1.18. The first-order valence-electron chi connectivity index (χ1n) is 6.31. The van der Waals surface area contributed by atoms with Crippen LogP contribution in [0.4, 0.5) is 0 Å². The highest BCUT2D eigenvalue weighted by atomic mass is 32.2. The van der Waals surface area contributed by atoms with Gasteiger partial charge in [-0.25, -0.2) is 9.97 Å². The van der Waals surface area contributed by atoms with Gasteiger partial charge in [0.15, 0.2) is 0 Å². The summed E-state index contributed by atoms with van der Waals surface area (Å²) in [6, 6.07) is 0. The van der Waals surface area contributed by atoms with Gasteiger partial charge in [-0.1, -0.05) is 23.5 Å². The molecule has 2 aromatic rings. The lowest BCUT2D eigenvalue weighted by atomic mass is 10.2. The first-order chi connectivity index (χ1) is 9.45. The van der Waals surface area contributed by atoms with Crippen LogP contribution < -0.4 is 0 Å². The summed E-state index contributed by atoms with van der Waals surface area (Å²) in [5.41, 5.74) is 0. The van der Waals surface area contributed by atoms with E-state index >= 15 is 0 Å². The quantitative estimate of drug-likeness (QED) is 0.439. The number of hydrogen-bond acceptors (Lipinski definition) is 6. The maximum absolute atomic E-state index is 4.26. The number of aromatic nitrogens is 2. The molecule has 2 heterocycles. The molecule has 0 saturated carbocycles. The standard InChI is InChI=1S/C13H17N2S4/c1(2-4-8-16-12-14-6-10-18-12)3-5-9-17-13-15-7-11-19-13/h1,6-7,10-11H,2-5,8-9H2. The molecule has 0 unspecified atom stereocenters. The largest absolute Gasteiger partial charge is 0.238 e. The van der Waals surface area contributed by atoms with Gasteiger partial charge in [0.1, 0.15) is 8.68 Å². The monoisotopic (exact) mass is 329 g/mol. The van der Waals surface area contributed by atoms with E-state index < -0.39 is 0 Å². The van der Waals surface area contributed by atoms with Crippen molar-refractivity contribution in [2.75, 3.05) is 11.5 Å². The summed E-state index contributed by atoms with van der Waals surface area (Å²) in [4.78, 5) is 8.52. The number of nitrogens with zero attached hydrogens (tertiary/aromatic N) is 2. The van der Waals surface area contributed by atoms with E-state index in [9.17, 15) is 0 Å². The second-order valence-corrected chi connectivity index (χ2v) is 8.34. The topological polar surface area (TPSA) is 25.8 Å². The first kappa shape index (κ1) is 15.4. The summed E-state index contributed by atoms with van der Waals surface area (Å²) in [6.07, 6.45) is 11.1. The fraction of sp³-hybridized carbons (Fsp3) is 0.462. The van der Waals surface area contributed by atoms with Crippen LogP contribution in [0.1, 0.15) is 25.7 Å². The Morgan fingerprint density at radius 3 is 1.84 bits per heavy atom. The minimum atomic E-state index is 1.18. The predicted molar refractivity (Wildman–Crippen MR) is 88.4 cm³/mol. The summed E-state index contributed by atoms with van der Waals surface area (Å²) in [7, 11) is 0. The SMILES string of the molecule is [CH](CCCSc1nccs1)CCCSc1nccs1. The maximum atomic E-state index is 4.26. The maximum Gasteiger partial charge on any atom is 0.149 e. The van der Waals surface area contributed by atoms with E-state index in [1.807, 2.05) is 46.7 Å². The Morgan fingerprint density at radius 2 is 1.42 bits per heavy atom. The van der Waals surface area contributed by atoms with E-state index in [2.05, 4.69) is 16.4 Å². The molecule has 19 heavy (non-hydrogen) atoms. The highest BCUT2D eigenvalue weighted by molar-refractivity contribution is 8.01. The lowest BCUT2D eigenvalue weighted by Crippen LogP contribution is -1.85. The van der Waals surface area contributed by atoms with Crippen molar-refractivity contribution in [3.05, 3.63) is 29.6 Å². The number of unbranched alkanes of at least 4 members (excludes halogenated alkanes) is 4. The molecule has 0 atom stereocenters. The van der Waals surface area contributed by atoms with Gasteiger partial charge in [-0.15, -0.1) is 22.7 Å². The van der Waals surface area contributed by atoms with E-state index in [-0.39, 0.29) is 0 Å². The van der Waals surface area contributed by atoms with E-state index in [4.69, 9.17) is 0 Å². The molecule has 2 aromatic heterocycles. The zero-order valence-corrected chi connectivity index (χ0v) is 13.9. The van der Waals surface area contributed by atoms with Crippen molar-refractivity contribution >= 4 is 46.2 Å². The molecule has 0 amide bonds. The van der Waals surface area contributed by atoms with Crippen LogP contribution in [0.3, 0.4) is 0 Å². The predicted octanol–water partition coefficient (Wildman–Crippen LogP) is 5.25. The fourth-order valence-corrected chi connectivity index (χ4v) is 4.82. The van der Waals surface area contributed by atoms with Gasteiger partial charge in [-0.05, 0) is 32.1 Å². The smallest absolute Gasteiger partial charge is 0.149 e. The molecule has 0 aliphatic heterocycles. The number of hydrogen-bond donors (Lipinski definition) is 0. The average Bonchev–Trinajstić information content (AvgIpc) is 3.10. The normalized spacial score (nSPS) is 10.9. The van der Waals surface area contributed by atoms with Crippen LogP contribution >= 0.6 is 46.2 Å². The zero-order chi connectivity index (χ0) is 13.2. The Balaban J connectivity index is 1.36. The van der Waals surface area contributed by atoms with Gasteiger partial charge in [-0.3, -0.25) is 0 Å². The molecular weight excluding hydrogens is 312 g/mol. The molecule has 0 aromatic carbocycles. The third-order valence-electron chi connectivity index (χ3n) is 2.38. The van der Waals surface area contributed by atoms with Crippen LogP contribution in [-0.2, 0) is 0 Å². The van der Waals surface area contributed by atoms with Crippen LogP contribution in [0, 0.1) is 6.42 Å². The van der Waals surface area contributed by atoms with Crippen molar-refractivity contribution < 1.29 is 0 Å². The lowest BCUT2D eigenvalue weighted by molar-refractivity contribution is 0.805. The van der Waals surface area contributed by atoms with Gasteiger partial charge in [-0.2, -0.15) is 0 Å². The Hall–Kier alpha value is -0.0400. The van der Waals surface area contributed by atoms with Gasteiger partial charge >= 0.3 is 0 Å². The van der Waals surface area contributed by atoms with Crippen molar-refractivity contribution in [3.8, 4) is 0 Å². The second-order valence-electron chi connectivity index (χ2n) is 3.87. The highest BCUT2D eigenvalue weighted by Crippen LogP contribution is 2.23. The third kappa shape index (κ3) is 6.79. The molecule has 2 rings (SSSR count). The van der Waals surface area contributed by atoms with Crippen LogP contribution in [0.2, 0.25) is 0 Å². The average molecular weight is 330 g/mol. The minimum Gasteiger partial charge on any atom is -0.238 e. The van der Waals surface area contributed by atoms with Gasteiger partial charge in [0.25, 0.3) is 0 Å². The summed E-state index contributed by atoms with van der Waals surface area (Å²) < 4.78 is 2.39. The Labute approximate surface area is 131 Å². The molecule has 0 bridgehead atoms. The van der Waals surface area contributed by atoms with Crippen molar-refractivity contribution in [1.29, 1.82) is 0 Å². The third-order valence-corrected chi connectivity index (χ3v) is 6.48. The van der Waals surface area contributed by atoms with Crippen molar-refractivity contribution in [3.63, 3.8) is 0 Å². The first-order valence-corrected chi connectivity index (χ1v) is 10.0. The van der Waals surface area contributed by atoms with Gasteiger partial charge in [0, 0.05) is 34.7 Å². The number of thiazole rings is 2. The molecule has 0 fully saturated rings. The second kappa shape index (κ2) is 9.80. The van der Waals surface area contributed by atoms with Gasteiger partial charge in [0.05, 0.1) is 0 Å². The summed E-state index contributed by atoms with van der Waals surface area (Å²) in [6.45, 7) is 0. The molecule has 1 radical (unpaired) electrons. The summed E-state index contributed by atoms with van der Waals surface area (Å²) in [5, 5.41) is 4.07. The zero-order valence-electron chi connectivity index (χ0n) is 10.7. The van der Waals surface area contributed by atoms with E-state index in [0.29, 0.717) is 0 Å². The molecule has 2 nitrogen and oxygen atoms in total. The Morgan fingerprint density at radius 1 is 0.895 bits per heavy atom. The fourth-order valence-electron chi connectivity index (χ4n) is 1.48. The molecule has 0 N–H and O–H groups in total. The number of rotatable bonds is 10. The van der Waals surface area contributed by atoms with Crippen LogP contribution in [0.15, 0.2) is 31.8 Å². The van der Waals surface area contributed by atoms with Gasteiger partial charge in [0.2, 0.25) is 0 Å². The van der Waals surface area contributed by atoms with Crippen LogP contribution in [0.25, 0.3) is 0 Å². The van der Waals surface area contributed by atoms with Crippen LogP contribution in [-0.4, -0.2) is 21.5 Å². The highest BCUT2D eigenvalue weighted by Gasteiger charge is 1.98. The molecule has 103 valence electrons. The van der Waals surface area contributed by atoms with E-state index in [1.165, 1.54) is 45.9 Å². The summed E-state index contributed by atoms with van der Waals surface area (Å²) >= 11 is 7.20. The molecule has 0 spiro atoms. The Bertz CT molecular complexity index is 374. The van der Waals surface area contributed by atoms with Crippen LogP contribution in [0.5, 0.6) is 0 Å². The molecule has 0 aliphatic rings. The Kier molecular flexibility index (Phi) is 7.92. The van der Waals surface area contributed by atoms with Crippen molar-refractivity contribution in [1.82, 2.24) is 9.97 Å². The van der Waals surface area contributed by atoms with E-state index in [0.717, 1.165) is 0 Å².